The summed E-state index contributed by atoms with van der Waals surface area (Å²) in [5, 5.41) is 3.00. The highest BCUT2D eigenvalue weighted by Gasteiger charge is 2.14. The molecule has 3 heterocycles. The van der Waals surface area contributed by atoms with Crippen molar-refractivity contribution in [2.75, 3.05) is 31.2 Å². The Bertz CT molecular complexity index is 1050. The fourth-order valence-electron chi connectivity index (χ4n) is 3.42. The Kier molecular flexibility index (Phi) is 6.40. The van der Waals surface area contributed by atoms with E-state index in [1.54, 1.807) is 6.20 Å². The molecule has 30 heavy (non-hydrogen) atoms. The number of ether oxygens (including phenoxy) is 1. The molecular formula is C23H23BrN4O2. The lowest BCUT2D eigenvalue weighted by Gasteiger charge is -2.28. The Labute approximate surface area is 184 Å². The Hall–Kier alpha value is -2.77. The highest BCUT2D eigenvalue weighted by atomic mass is 79.9. The number of nitrogens with zero attached hydrogens (tertiary/aromatic N) is 3. The van der Waals surface area contributed by atoms with Crippen molar-refractivity contribution in [2.45, 2.75) is 13.5 Å². The van der Waals surface area contributed by atoms with Crippen molar-refractivity contribution in [3.05, 3.63) is 76.0 Å². The van der Waals surface area contributed by atoms with Crippen molar-refractivity contribution in [1.29, 1.82) is 0 Å². The Balaban J connectivity index is 1.43. The van der Waals surface area contributed by atoms with E-state index in [0.717, 1.165) is 40.2 Å². The van der Waals surface area contributed by atoms with Crippen molar-refractivity contribution >= 4 is 27.7 Å². The number of amides is 1. The van der Waals surface area contributed by atoms with E-state index in [-0.39, 0.29) is 5.91 Å². The number of aromatic nitrogens is 2. The van der Waals surface area contributed by atoms with Crippen LogP contribution in [0.3, 0.4) is 0 Å². The molecule has 0 unspecified atom stereocenters. The zero-order valence-corrected chi connectivity index (χ0v) is 18.4. The molecule has 1 aliphatic rings. The second-order valence-electron chi connectivity index (χ2n) is 7.14. The Morgan fingerprint density at radius 2 is 2.00 bits per heavy atom. The van der Waals surface area contributed by atoms with Crippen LogP contribution < -0.4 is 10.2 Å². The lowest BCUT2D eigenvalue weighted by molar-refractivity contribution is 0.0950. The Morgan fingerprint density at radius 3 is 2.77 bits per heavy atom. The van der Waals surface area contributed by atoms with Crippen LogP contribution in [0.25, 0.3) is 11.3 Å². The van der Waals surface area contributed by atoms with Gasteiger partial charge in [0.2, 0.25) is 0 Å². The van der Waals surface area contributed by atoms with Crippen LogP contribution >= 0.6 is 15.9 Å². The van der Waals surface area contributed by atoms with Gasteiger partial charge in [0.1, 0.15) is 5.82 Å². The first-order valence-corrected chi connectivity index (χ1v) is 10.7. The molecule has 7 heteroatoms. The van der Waals surface area contributed by atoms with Crippen LogP contribution in [0, 0.1) is 6.92 Å². The summed E-state index contributed by atoms with van der Waals surface area (Å²) in [5.41, 5.74) is 4.14. The van der Waals surface area contributed by atoms with E-state index in [9.17, 15) is 4.79 Å². The molecule has 1 aromatic carbocycles. The van der Waals surface area contributed by atoms with Crippen LogP contribution in [0.15, 0.2) is 59.2 Å². The number of nitrogens with one attached hydrogen (secondary N) is 1. The molecule has 1 amide bonds. The number of anilines is 1. The van der Waals surface area contributed by atoms with Crippen LogP contribution in [-0.2, 0) is 11.3 Å². The molecule has 6 nitrogen and oxygen atoms in total. The molecule has 2 aromatic heterocycles. The van der Waals surface area contributed by atoms with Gasteiger partial charge in [-0.25, -0.2) is 4.98 Å². The molecule has 1 N–H and O–H groups in total. The number of hydrogen-bond donors (Lipinski definition) is 1. The fourth-order valence-corrected chi connectivity index (χ4v) is 3.82. The summed E-state index contributed by atoms with van der Waals surface area (Å²) in [4.78, 5) is 24.0. The maximum atomic E-state index is 12.7. The minimum absolute atomic E-state index is 0.134. The van der Waals surface area contributed by atoms with Gasteiger partial charge in [-0.15, -0.1) is 0 Å². The summed E-state index contributed by atoms with van der Waals surface area (Å²) in [6.45, 7) is 5.39. The standard InChI is InChI=1S/C23H23BrN4O2/c1-16-20(5-6-21(27-16)18-3-2-4-19(24)14-18)23(29)26-15-17-7-8-25-22(13-17)28-9-11-30-12-10-28/h2-8,13-14H,9-12,15H2,1H3,(H,26,29). The van der Waals surface area contributed by atoms with E-state index < -0.39 is 0 Å². The molecule has 0 saturated carbocycles. The largest absolute Gasteiger partial charge is 0.378 e. The van der Waals surface area contributed by atoms with E-state index >= 15 is 0 Å². The van der Waals surface area contributed by atoms with E-state index in [1.165, 1.54) is 0 Å². The van der Waals surface area contributed by atoms with Gasteiger partial charge in [0.25, 0.3) is 5.91 Å². The average molecular weight is 467 g/mol. The SMILES string of the molecule is Cc1nc(-c2cccc(Br)c2)ccc1C(=O)NCc1ccnc(N2CCOCC2)c1. The molecule has 0 aliphatic carbocycles. The zero-order chi connectivity index (χ0) is 20.9. The molecule has 0 radical (unpaired) electrons. The van der Waals surface area contributed by atoms with Crippen molar-refractivity contribution in [2.24, 2.45) is 0 Å². The quantitative estimate of drug-likeness (QED) is 0.615. The number of benzene rings is 1. The zero-order valence-electron chi connectivity index (χ0n) is 16.8. The number of pyridine rings is 2. The molecule has 3 aromatic rings. The molecule has 0 bridgehead atoms. The third-order valence-electron chi connectivity index (χ3n) is 5.05. The number of morpholine rings is 1. The molecule has 1 saturated heterocycles. The molecule has 1 fully saturated rings. The molecule has 4 rings (SSSR count). The summed E-state index contributed by atoms with van der Waals surface area (Å²) in [5.74, 6) is 0.784. The average Bonchev–Trinajstić information content (AvgIpc) is 2.78. The van der Waals surface area contributed by atoms with Gasteiger partial charge >= 0.3 is 0 Å². The maximum Gasteiger partial charge on any atom is 0.253 e. The number of rotatable bonds is 5. The number of halogens is 1. The normalized spacial score (nSPS) is 13.9. The van der Waals surface area contributed by atoms with Crippen molar-refractivity contribution < 1.29 is 9.53 Å². The molecule has 1 aliphatic heterocycles. The molecule has 0 spiro atoms. The fraction of sp³-hybridized carbons (Fsp3) is 0.261. The van der Waals surface area contributed by atoms with Crippen LogP contribution in [-0.4, -0.2) is 42.2 Å². The first-order chi connectivity index (χ1) is 14.6. The van der Waals surface area contributed by atoms with Crippen molar-refractivity contribution in [1.82, 2.24) is 15.3 Å². The van der Waals surface area contributed by atoms with E-state index in [1.807, 2.05) is 55.5 Å². The van der Waals surface area contributed by atoms with Gasteiger partial charge in [-0.3, -0.25) is 9.78 Å². The second kappa shape index (κ2) is 9.36. The van der Waals surface area contributed by atoms with Gasteiger partial charge in [0, 0.05) is 35.9 Å². The molecule has 0 atom stereocenters. The highest BCUT2D eigenvalue weighted by molar-refractivity contribution is 9.10. The summed E-state index contributed by atoms with van der Waals surface area (Å²) < 4.78 is 6.39. The van der Waals surface area contributed by atoms with E-state index in [0.29, 0.717) is 31.0 Å². The van der Waals surface area contributed by atoms with E-state index in [2.05, 4.69) is 36.1 Å². The second-order valence-corrected chi connectivity index (χ2v) is 8.06. The predicted molar refractivity (Wildman–Crippen MR) is 121 cm³/mol. The first kappa shape index (κ1) is 20.5. The number of aryl methyl sites for hydroxylation is 1. The van der Waals surface area contributed by atoms with Crippen LogP contribution in [0.1, 0.15) is 21.6 Å². The predicted octanol–water partition coefficient (Wildman–Crippen LogP) is 3.98. The smallest absolute Gasteiger partial charge is 0.253 e. The third-order valence-corrected chi connectivity index (χ3v) is 5.54. The lowest BCUT2D eigenvalue weighted by Crippen LogP contribution is -2.36. The molecular weight excluding hydrogens is 444 g/mol. The number of carbonyl (C=O) groups excluding carboxylic acids is 1. The van der Waals surface area contributed by atoms with Crippen molar-refractivity contribution in [3.8, 4) is 11.3 Å². The maximum absolute atomic E-state index is 12.7. The number of hydrogen-bond acceptors (Lipinski definition) is 5. The summed E-state index contributed by atoms with van der Waals surface area (Å²) in [6, 6.07) is 15.6. The van der Waals surface area contributed by atoms with Crippen LogP contribution in [0.4, 0.5) is 5.82 Å². The minimum Gasteiger partial charge on any atom is -0.378 e. The third kappa shape index (κ3) is 4.86. The monoisotopic (exact) mass is 466 g/mol. The first-order valence-electron chi connectivity index (χ1n) is 9.89. The van der Waals surface area contributed by atoms with Crippen LogP contribution in [0.5, 0.6) is 0 Å². The minimum atomic E-state index is -0.134. The summed E-state index contributed by atoms with van der Waals surface area (Å²) >= 11 is 3.48. The molecule has 154 valence electrons. The summed E-state index contributed by atoms with van der Waals surface area (Å²) in [6.07, 6.45) is 1.78. The van der Waals surface area contributed by atoms with Gasteiger partial charge in [-0.05, 0) is 48.9 Å². The van der Waals surface area contributed by atoms with Gasteiger partial charge in [-0.1, -0.05) is 28.1 Å². The summed E-state index contributed by atoms with van der Waals surface area (Å²) in [7, 11) is 0. The van der Waals surface area contributed by atoms with Crippen LogP contribution in [0.2, 0.25) is 0 Å². The van der Waals surface area contributed by atoms with Gasteiger partial charge in [0.05, 0.1) is 30.2 Å². The van der Waals surface area contributed by atoms with Gasteiger partial charge in [0.15, 0.2) is 0 Å². The Morgan fingerprint density at radius 1 is 1.17 bits per heavy atom. The number of carbonyl (C=O) groups is 1. The van der Waals surface area contributed by atoms with Gasteiger partial charge < -0.3 is 15.0 Å². The lowest BCUT2D eigenvalue weighted by atomic mass is 10.1. The highest BCUT2D eigenvalue weighted by Crippen LogP contribution is 2.22. The van der Waals surface area contributed by atoms with E-state index in [4.69, 9.17) is 4.74 Å². The van der Waals surface area contributed by atoms with Gasteiger partial charge in [-0.2, -0.15) is 0 Å². The van der Waals surface area contributed by atoms with Crippen molar-refractivity contribution in [3.63, 3.8) is 0 Å². The topological polar surface area (TPSA) is 67.4 Å².